The summed E-state index contributed by atoms with van der Waals surface area (Å²) in [7, 11) is 0. The van der Waals surface area contributed by atoms with Crippen LogP contribution < -0.4 is 17.1 Å². The summed E-state index contributed by atoms with van der Waals surface area (Å²) in [5.74, 6) is 0. The number of hydrogen-bond donors (Lipinski definition) is 1. The van der Waals surface area contributed by atoms with Crippen LogP contribution in [0.1, 0.15) is 6.92 Å². The fraction of sp³-hybridized carbons (Fsp3) is 0.375. The van der Waals surface area contributed by atoms with E-state index >= 15 is 0 Å². The second-order valence-electron chi connectivity index (χ2n) is 2.66. The number of aromatic amines is 1. The standard InChI is InChI=1S/C8H11N3O3/c1-3-5-11-7(13)9-6(12)10(4-2)8(11)14/h3H,1,4-5H2,2H3,(H,9,12,13). The number of H-pyrrole nitrogens is 1. The molecule has 0 spiro atoms. The number of hydrogen-bond acceptors (Lipinski definition) is 3. The molecule has 0 radical (unpaired) electrons. The zero-order valence-electron chi connectivity index (χ0n) is 7.82. The minimum absolute atomic E-state index is 0.0917. The molecule has 0 fully saturated rings. The van der Waals surface area contributed by atoms with Crippen LogP contribution in [0.3, 0.4) is 0 Å². The number of nitrogens with one attached hydrogen (secondary N) is 1. The SMILES string of the molecule is C=CCn1c(=O)[nH]c(=O)n(CC)c1=O. The van der Waals surface area contributed by atoms with Crippen molar-refractivity contribution in [3.63, 3.8) is 0 Å². The predicted molar refractivity (Wildman–Crippen MR) is 51.5 cm³/mol. The van der Waals surface area contributed by atoms with Crippen molar-refractivity contribution in [3.8, 4) is 0 Å². The van der Waals surface area contributed by atoms with Crippen LogP contribution in [0, 0.1) is 0 Å². The van der Waals surface area contributed by atoms with E-state index in [1.807, 2.05) is 0 Å². The van der Waals surface area contributed by atoms with E-state index in [1.54, 1.807) is 6.92 Å². The number of nitrogens with zero attached hydrogens (tertiary/aromatic N) is 2. The lowest BCUT2D eigenvalue weighted by molar-refractivity contribution is 0.554. The van der Waals surface area contributed by atoms with Crippen molar-refractivity contribution in [2.75, 3.05) is 0 Å². The van der Waals surface area contributed by atoms with Gasteiger partial charge in [0.2, 0.25) is 0 Å². The molecule has 14 heavy (non-hydrogen) atoms. The molecule has 1 heterocycles. The van der Waals surface area contributed by atoms with Crippen molar-refractivity contribution in [1.82, 2.24) is 14.1 Å². The Balaban J connectivity index is 3.61. The van der Waals surface area contributed by atoms with Crippen molar-refractivity contribution in [1.29, 1.82) is 0 Å². The van der Waals surface area contributed by atoms with Crippen molar-refractivity contribution < 1.29 is 0 Å². The van der Waals surface area contributed by atoms with Crippen LogP contribution in [0.4, 0.5) is 0 Å². The van der Waals surface area contributed by atoms with E-state index in [-0.39, 0.29) is 13.1 Å². The van der Waals surface area contributed by atoms with Gasteiger partial charge in [-0.3, -0.25) is 4.98 Å². The summed E-state index contributed by atoms with van der Waals surface area (Å²) in [6.07, 6.45) is 1.42. The van der Waals surface area contributed by atoms with Gasteiger partial charge in [-0.05, 0) is 6.92 Å². The molecule has 0 aromatic carbocycles. The van der Waals surface area contributed by atoms with Crippen LogP contribution in [0.5, 0.6) is 0 Å². The zero-order valence-corrected chi connectivity index (χ0v) is 7.82. The fourth-order valence-electron chi connectivity index (χ4n) is 1.11. The van der Waals surface area contributed by atoms with Gasteiger partial charge in [0.15, 0.2) is 0 Å². The summed E-state index contributed by atoms with van der Waals surface area (Å²) < 4.78 is 1.86. The first-order chi connectivity index (χ1) is 6.61. The van der Waals surface area contributed by atoms with Gasteiger partial charge in [-0.1, -0.05) is 6.08 Å². The molecule has 1 N–H and O–H groups in total. The highest BCUT2D eigenvalue weighted by molar-refractivity contribution is 4.78. The second-order valence-corrected chi connectivity index (χ2v) is 2.66. The third-order valence-corrected chi connectivity index (χ3v) is 1.79. The summed E-state index contributed by atoms with van der Waals surface area (Å²) in [4.78, 5) is 35.8. The summed E-state index contributed by atoms with van der Waals surface area (Å²) in [5, 5.41) is 0. The topological polar surface area (TPSA) is 76.9 Å². The van der Waals surface area contributed by atoms with E-state index in [0.29, 0.717) is 0 Å². The molecular weight excluding hydrogens is 186 g/mol. The molecule has 0 amide bonds. The summed E-state index contributed by atoms with van der Waals surface area (Å²) >= 11 is 0. The molecule has 1 rings (SSSR count). The van der Waals surface area contributed by atoms with E-state index in [4.69, 9.17) is 0 Å². The Morgan fingerprint density at radius 1 is 1.29 bits per heavy atom. The molecule has 0 aliphatic heterocycles. The minimum Gasteiger partial charge on any atom is -0.259 e. The van der Waals surface area contributed by atoms with Crippen molar-refractivity contribution in [2.24, 2.45) is 0 Å². The lowest BCUT2D eigenvalue weighted by Crippen LogP contribution is -2.49. The lowest BCUT2D eigenvalue weighted by Gasteiger charge is -2.03. The van der Waals surface area contributed by atoms with Gasteiger partial charge < -0.3 is 0 Å². The second kappa shape index (κ2) is 3.91. The van der Waals surface area contributed by atoms with Gasteiger partial charge in [0.25, 0.3) is 0 Å². The first-order valence-corrected chi connectivity index (χ1v) is 4.16. The largest absolute Gasteiger partial charge is 0.336 e. The van der Waals surface area contributed by atoms with Crippen molar-refractivity contribution in [2.45, 2.75) is 20.0 Å². The van der Waals surface area contributed by atoms with Crippen LogP contribution in [0.25, 0.3) is 0 Å². The summed E-state index contributed by atoms with van der Waals surface area (Å²) in [6, 6.07) is 0. The third kappa shape index (κ3) is 1.59. The monoisotopic (exact) mass is 197 g/mol. The average molecular weight is 197 g/mol. The first-order valence-electron chi connectivity index (χ1n) is 4.16. The van der Waals surface area contributed by atoms with E-state index in [9.17, 15) is 14.4 Å². The van der Waals surface area contributed by atoms with E-state index in [1.165, 1.54) is 6.08 Å². The van der Waals surface area contributed by atoms with Crippen LogP contribution in [-0.2, 0) is 13.1 Å². The Morgan fingerprint density at radius 2 is 1.86 bits per heavy atom. The van der Waals surface area contributed by atoms with Crippen LogP contribution in [0.15, 0.2) is 27.0 Å². The Kier molecular flexibility index (Phi) is 2.85. The molecule has 6 heteroatoms. The molecule has 1 aromatic rings. The smallest absolute Gasteiger partial charge is 0.259 e. The normalized spacial score (nSPS) is 10.1. The van der Waals surface area contributed by atoms with Gasteiger partial charge in [0, 0.05) is 6.54 Å². The molecule has 0 saturated carbocycles. The van der Waals surface area contributed by atoms with Gasteiger partial charge in [-0.15, -0.1) is 6.58 Å². The minimum atomic E-state index is -0.704. The molecule has 6 nitrogen and oxygen atoms in total. The van der Waals surface area contributed by atoms with E-state index in [0.717, 1.165) is 9.13 Å². The summed E-state index contributed by atoms with van der Waals surface area (Å²) in [5.41, 5.74) is -1.99. The fourth-order valence-corrected chi connectivity index (χ4v) is 1.11. The highest BCUT2D eigenvalue weighted by atomic mass is 16.2. The number of rotatable bonds is 3. The quantitative estimate of drug-likeness (QED) is 0.625. The van der Waals surface area contributed by atoms with Crippen LogP contribution >= 0.6 is 0 Å². The molecule has 0 aliphatic rings. The molecule has 76 valence electrons. The molecule has 1 aromatic heterocycles. The van der Waals surface area contributed by atoms with E-state index in [2.05, 4.69) is 11.6 Å². The molecule has 0 bridgehead atoms. The van der Waals surface area contributed by atoms with Gasteiger partial charge in [-0.25, -0.2) is 23.5 Å². The van der Waals surface area contributed by atoms with E-state index < -0.39 is 17.1 Å². The maximum atomic E-state index is 11.5. The van der Waals surface area contributed by atoms with Crippen molar-refractivity contribution in [3.05, 3.63) is 44.1 Å². The molecule has 0 saturated heterocycles. The average Bonchev–Trinajstić information content (AvgIpc) is 2.12. The Labute approximate surface area is 79.1 Å². The lowest BCUT2D eigenvalue weighted by atomic mass is 10.6. The van der Waals surface area contributed by atoms with Crippen LogP contribution in [0.2, 0.25) is 0 Å². The summed E-state index contributed by atoms with van der Waals surface area (Å²) in [6.45, 7) is 5.39. The highest BCUT2D eigenvalue weighted by Gasteiger charge is 2.05. The first kappa shape index (κ1) is 10.2. The van der Waals surface area contributed by atoms with Gasteiger partial charge in [0.1, 0.15) is 0 Å². The zero-order chi connectivity index (χ0) is 10.7. The van der Waals surface area contributed by atoms with Gasteiger partial charge in [0.05, 0.1) is 6.54 Å². The third-order valence-electron chi connectivity index (χ3n) is 1.79. The Hall–Kier alpha value is -1.85. The Bertz CT molecular complexity index is 506. The maximum Gasteiger partial charge on any atom is 0.336 e. The number of aromatic nitrogens is 3. The van der Waals surface area contributed by atoms with Crippen molar-refractivity contribution >= 4 is 0 Å². The molecule has 0 aliphatic carbocycles. The molecule has 0 atom stereocenters. The molecule has 0 unspecified atom stereocenters. The Morgan fingerprint density at radius 3 is 2.36 bits per heavy atom. The maximum absolute atomic E-state index is 11.5. The van der Waals surface area contributed by atoms with Gasteiger partial charge in [-0.2, -0.15) is 0 Å². The molecular formula is C8H11N3O3. The van der Waals surface area contributed by atoms with Gasteiger partial charge >= 0.3 is 17.1 Å². The van der Waals surface area contributed by atoms with Crippen LogP contribution in [-0.4, -0.2) is 14.1 Å². The highest BCUT2D eigenvalue weighted by Crippen LogP contribution is 1.71. The predicted octanol–water partition coefficient (Wildman–Crippen LogP) is -1.10. The number of allylic oxidation sites excluding steroid dienone is 1.